The number of aryl methyl sites for hydroxylation is 1. The minimum absolute atomic E-state index is 0.215. The summed E-state index contributed by atoms with van der Waals surface area (Å²) in [5.41, 5.74) is 3.33. The van der Waals surface area contributed by atoms with E-state index in [0.717, 1.165) is 87.9 Å². The Morgan fingerprint density at radius 1 is 0.979 bits per heavy atom. The van der Waals surface area contributed by atoms with Crippen molar-refractivity contribution in [2.75, 3.05) is 50.7 Å². The van der Waals surface area contributed by atoms with E-state index in [0.29, 0.717) is 48.6 Å². The van der Waals surface area contributed by atoms with E-state index in [1.165, 1.54) is 44.8 Å². The minimum atomic E-state index is -0.309. The fourth-order valence-electron chi connectivity index (χ4n) is 7.14. The van der Waals surface area contributed by atoms with Gasteiger partial charge in [-0.2, -0.15) is 0 Å². The van der Waals surface area contributed by atoms with Crippen molar-refractivity contribution in [1.29, 1.82) is 0 Å². The first kappa shape index (κ1) is 36.9. The van der Waals surface area contributed by atoms with Crippen LogP contribution in [0.15, 0.2) is 36.4 Å². The Morgan fingerprint density at radius 3 is 2.30 bits per heavy atom. The molecule has 7 nitrogen and oxygen atoms in total. The van der Waals surface area contributed by atoms with Crippen LogP contribution in [0.4, 0.5) is 14.6 Å². The van der Waals surface area contributed by atoms with E-state index in [2.05, 4.69) is 45.7 Å². The van der Waals surface area contributed by atoms with E-state index in [1.807, 2.05) is 12.1 Å². The standard InChI is InChI=1S/C31H41F2N3O3.C4H9N.C3H8/c32-25-17-26(36-14-11-31(12-15-36)20-35-21-31)19-28(18-25)38-27(10-13-34-22-37)8-6-23-7-9-30(39-33)29(16-23)24-4-2-1-3-5-24;1-2-4-5-3-1;1-3-2/h7,9,16-19,22,24,27,35H,1-6,8,10-15,20-21H2,(H,34,37);5H,1-4H2;3H2,1-2H3. The Kier molecular flexibility index (Phi) is 15.6. The first-order valence-corrected chi connectivity index (χ1v) is 18.2. The van der Waals surface area contributed by atoms with E-state index in [4.69, 9.17) is 4.74 Å². The molecule has 1 aliphatic carbocycles. The van der Waals surface area contributed by atoms with Gasteiger partial charge in [0.25, 0.3) is 0 Å². The van der Waals surface area contributed by atoms with Gasteiger partial charge in [-0.15, -0.1) is 0 Å². The number of carbonyl (C=O) groups excluding carboxylic acids is 1. The molecule has 1 atom stereocenters. The van der Waals surface area contributed by atoms with E-state index >= 15 is 0 Å². The predicted molar refractivity (Wildman–Crippen MR) is 187 cm³/mol. The highest BCUT2D eigenvalue weighted by Crippen LogP contribution is 2.39. The summed E-state index contributed by atoms with van der Waals surface area (Å²) in [5.74, 6) is 0.843. The molecular formula is C38H58F2N4O3. The van der Waals surface area contributed by atoms with Gasteiger partial charge in [-0.3, -0.25) is 9.74 Å². The lowest BCUT2D eigenvalue weighted by Crippen LogP contribution is -2.58. The molecule has 1 amide bonds. The number of anilines is 1. The van der Waals surface area contributed by atoms with Crippen molar-refractivity contribution >= 4 is 12.1 Å². The third-order valence-corrected chi connectivity index (χ3v) is 9.96. The number of hydrogen-bond donors (Lipinski definition) is 3. The average Bonchev–Trinajstić information content (AvgIpc) is 3.68. The molecule has 2 aromatic carbocycles. The summed E-state index contributed by atoms with van der Waals surface area (Å²) in [5, 5.41) is 9.33. The van der Waals surface area contributed by atoms with Crippen LogP contribution in [-0.4, -0.2) is 58.3 Å². The van der Waals surface area contributed by atoms with Gasteiger partial charge in [-0.25, -0.2) is 4.39 Å². The molecule has 2 aromatic rings. The fraction of sp³-hybridized carbons (Fsp3) is 0.658. The molecule has 47 heavy (non-hydrogen) atoms. The molecule has 0 aromatic heterocycles. The largest absolute Gasteiger partial charge is 0.490 e. The zero-order valence-electron chi connectivity index (χ0n) is 28.8. The van der Waals surface area contributed by atoms with Crippen molar-refractivity contribution in [2.45, 2.75) is 109 Å². The SMILES string of the molecule is C1CCNC1.CCC.O=CNCCC(CCc1ccc(OF)c(C2CCCCC2)c1)Oc1cc(F)cc(N2CCC3(CC2)CNC3)c1. The summed E-state index contributed by atoms with van der Waals surface area (Å²) in [6, 6.07) is 10.7. The lowest BCUT2D eigenvalue weighted by atomic mass is 9.73. The average molecular weight is 657 g/mol. The number of nitrogens with one attached hydrogen (secondary N) is 3. The zero-order chi connectivity index (χ0) is 33.3. The van der Waals surface area contributed by atoms with Crippen LogP contribution in [-0.2, 0) is 11.2 Å². The quantitative estimate of drug-likeness (QED) is 0.161. The van der Waals surface area contributed by atoms with Crippen LogP contribution in [0.3, 0.4) is 0 Å². The first-order chi connectivity index (χ1) is 23.0. The van der Waals surface area contributed by atoms with Crippen molar-refractivity contribution < 1.29 is 23.4 Å². The van der Waals surface area contributed by atoms with Crippen molar-refractivity contribution in [3.8, 4) is 11.5 Å². The van der Waals surface area contributed by atoms with Crippen molar-refractivity contribution in [2.24, 2.45) is 5.41 Å². The maximum Gasteiger partial charge on any atom is 0.207 e. The van der Waals surface area contributed by atoms with Crippen LogP contribution < -0.4 is 30.5 Å². The Bertz CT molecular complexity index is 1180. The molecular weight excluding hydrogens is 598 g/mol. The number of nitrogens with zero attached hydrogens (tertiary/aromatic N) is 1. The van der Waals surface area contributed by atoms with E-state index < -0.39 is 0 Å². The van der Waals surface area contributed by atoms with Crippen LogP contribution in [0.1, 0.15) is 108 Å². The molecule has 1 saturated carbocycles. The Labute approximate surface area is 281 Å². The molecule has 3 heterocycles. The van der Waals surface area contributed by atoms with Crippen LogP contribution in [0.25, 0.3) is 0 Å². The lowest BCUT2D eigenvalue weighted by Gasteiger charge is -2.49. The first-order valence-electron chi connectivity index (χ1n) is 18.2. The number of amides is 1. The molecule has 3 saturated heterocycles. The molecule has 1 spiro atoms. The second-order valence-electron chi connectivity index (χ2n) is 13.8. The van der Waals surface area contributed by atoms with Crippen LogP contribution in [0.2, 0.25) is 0 Å². The molecule has 6 rings (SSSR count). The third kappa shape index (κ3) is 11.6. The highest BCUT2D eigenvalue weighted by Gasteiger charge is 2.39. The van der Waals surface area contributed by atoms with Gasteiger partial charge in [0.1, 0.15) is 17.7 Å². The molecule has 9 heteroatoms. The summed E-state index contributed by atoms with van der Waals surface area (Å²) in [4.78, 5) is 17.3. The van der Waals surface area contributed by atoms with Gasteiger partial charge in [-0.05, 0) is 93.5 Å². The third-order valence-electron chi connectivity index (χ3n) is 9.96. The molecule has 0 radical (unpaired) electrons. The highest BCUT2D eigenvalue weighted by atomic mass is 19.3. The summed E-state index contributed by atoms with van der Waals surface area (Å²) in [6.07, 6.45) is 14.4. The number of ether oxygens (including phenoxy) is 1. The monoisotopic (exact) mass is 656 g/mol. The van der Waals surface area contributed by atoms with Crippen LogP contribution in [0, 0.1) is 11.2 Å². The molecule has 4 fully saturated rings. The van der Waals surface area contributed by atoms with Gasteiger partial charge < -0.3 is 25.6 Å². The van der Waals surface area contributed by atoms with Gasteiger partial charge in [0.15, 0.2) is 5.75 Å². The number of halogens is 2. The Hall–Kier alpha value is -2.91. The number of carbonyl (C=O) groups is 1. The fourth-order valence-corrected chi connectivity index (χ4v) is 7.14. The van der Waals surface area contributed by atoms with Crippen LogP contribution in [0.5, 0.6) is 11.5 Å². The normalized spacial score (nSPS) is 19.4. The number of piperidine rings is 1. The number of rotatable bonds is 12. The lowest BCUT2D eigenvalue weighted by molar-refractivity contribution is -0.109. The summed E-state index contributed by atoms with van der Waals surface area (Å²) in [7, 11) is 0. The number of benzene rings is 2. The minimum Gasteiger partial charge on any atom is -0.490 e. The Balaban J connectivity index is 0.000000554. The summed E-state index contributed by atoms with van der Waals surface area (Å²) >= 11 is 0. The number of hydrogen-bond acceptors (Lipinski definition) is 6. The van der Waals surface area contributed by atoms with E-state index in [1.54, 1.807) is 12.1 Å². The molecule has 3 N–H and O–H groups in total. The van der Waals surface area contributed by atoms with Crippen molar-refractivity contribution in [3.63, 3.8) is 0 Å². The smallest absolute Gasteiger partial charge is 0.207 e. The second-order valence-corrected chi connectivity index (χ2v) is 13.8. The maximum atomic E-state index is 14.7. The molecule has 3 aliphatic heterocycles. The summed E-state index contributed by atoms with van der Waals surface area (Å²) < 4.78 is 34.3. The zero-order valence-corrected chi connectivity index (χ0v) is 28.8. The van der Waals surface area contributed by atoms with Gasteiger partial charge >= 0.3 is 0 Å². The van der Waals surface area contributed by atoms with Crippen LogP contribution >= 0.6 is 0 Å². The predicted octanol–water partition coefficient (Wildman–Crippen LogP) is 7.63. The Morgan fingerprint density at radius 2 is 1.70 bits per heavy atom. The second kappa shape index (κ2) is 19.8. The molecule has 262 valence electrons. The van der Waals surface area contributed by atoms with Crippen molar-refractivity contribution in [1.82, 2.24) is 16.0 Å². The maximum absolute atomic E-state index is 14.7. The topological polar surface area (TPSA) is 74.9 Å². The molecule has 1 unspecified atom stereocenters. The van der Waals surface area contributed by atoms with Gasteiger partial charge in [0, 0.05) is 67.1 Å². The molecule has 0 bridgehead atoms. The van der Waals surface area contributed by atoms with E-state index in [9.17, 15) is 13.7 Å². The van der Waals surface area contributed by atoms with Gasteiger partial charge in [0.05, 0.1) is 0 Å². The highest BCUT2D eigenvalue weighted by molar-refractivity contribution is 5.52. The van der Waals surface area contributed by atoms with E-state index in [-0.39, 0.29) is 11.9 Å². The molecule has 4 aliphatic rings. The van der Waals surface area contributed by atoms with Gasteiger partial charge in [-0.1, -0.05) is 51.7 Å². The summed E-state index contributed by atoms with van der Waals surface area (Å²) in [6.45, 7) is 11.2. The van der Waals surface area contributed by atoms with Crippen molar-refractivity contribution in [3.05, 3.63) is 53.3 Å². The van der Waals surface area contributed by atoms with Gasteiger partial charge in [0.2, 0.25) is 6.41 Å².